The predicted molar refractivity (Wildman–Crippen MR) is 51.1 cm³/mol. The summed E-state index contributed by atoms with van der Waals surface area (Å²) < 4.78 is 0. The van der Waals surface area contributed by atoms with Gasteiger partial charge in [-0.1, -0.05) is 17.0 Å². The number of fused-ring (bicyclic) bond motifs is 1. The lowest BCUT2D eigenvalue weighted by Gasteiger charge is -1.85. The molecule has 7 heteroatoms. The van der Waals surface area contributed by atoms with Crippen LogP contribution in [0.15, 0.2) is 36.7 Å². The van der Waals surface area contributed by atoms with Crippen molar-refractivity contribution in [1.29, 1.82) is 0 Å². The first-order valence-corrected chi connectivity index (χ1v) is 4.17. The van der Waals surface area contributed by atoms with E-state index in [9.17, 15) is 0 Å². The van der Waals surface area contributed by atoms with E-state index in [1.807, 2.05) is 12.1 Å². The lowest BCUT2D eigenvalue weighted by atomic mass is 10.3. The first-order valence-electron chi connectivity index (χ1n) is 4.17. The number of benzene rings is 1. The van der Waals surface area contributed by atoms with Gasteiger partial charge in [0.05, 0.1) is 12.4 Å². The molecule has 0 aliphatic rings. The summed E-state index contributed by atoms with van der Waals surface area (Å²) in [5.74, 6) is 0. The van der Waals surface area contributed by atoms with Crippen LogP contribution >= 0.6 is 0 Å². The number of aromatic amines is 1. The molecule has 0 saturated heterocycles. The summed E-state index contributed by atoms with van der Waals surface area (Å²) in [6, 6.07) is 7.19. The number of H-pyrrole nitrogens is 1. The van der Waals surface area contributed by atoms with Crippen molar-refractivity contribution in [2.75, 3.05) is 0 Å². The third-order valence-corrected chi connectivity index (χ3v) is 1.67. The lowest BCUT2D eigenvalue weighted by Crippen LogP contribution is -1.90. The Morgan fingerprint density at radius 1 is 1.13 bits per heavy atom. The first kappa shape index (κ1) is 9.13. The summed E-state index contributed by atoms with van der Waals surface area (Å²) in [6.45, 7) is 0. The van der Waals surface area contributed by atoms with Crippen molar-refractivity contribution in [2.24, 2.45) is 0 Å². The largest absolute Gasteiger partial charge is 0.410 e. The molecule has 2 aromatic heterocycles. The maximum absolute atomic E-state index is 8.95. The molecule has 1 aromatic carbocycles. The molecule has 2 heterocycles. The van der Waals surface area contributed by atoms with Crippen LogP contribution in [0.4, 0.5) is 0 Å². The Balaban J connectivity index is 0.000000144. The van der Waals surface area contributed by atoms with E-state index in [1.54, 1.807) is 24.5 Å². The summed E-state index contributed by atoms with van der Waals surface area (Å²) >= 11 is 0. The Hall–Kier alpha value is -2.44. The van der Waals surface area contributed by atoms with E-state index in [2.05, 4.69) is 25.7 Å². The Bertz CT molecular complexity index is 499. The van der Waals surface area contributed by atoms with Crippen LogP contribution in [0.2, 0.25) is 0 Å². The third-order valence-electron chi connectivity index (χ3n) is 1.67. The number of nitrogens with one attached hydrogen (secondary N) is 1. The monoisotopic (exact) mass is 204 g/mol. The van der Waals surface area contributed by atoms with Gasteiger partial charge in [-0.25, -0.2) is 0 Å². The van der Waals surface area contributed by atoms with Crippen LogP contribution < -0.4 is 0 Å². The molecule has 3 rings (SSSR count). The van der Waals surface area contributed by atoms with Crippen LogP contribution in [0.3, 0.4) is 0 Å². The van der Waals surface area contributed by atoms with Crippen molar-refractivity contribution in [1.82, 2.24) is 30.6 Å². The molecule has 0 unspecified atom stereocenters. The quantitative estimate of drug-likeness (QED) is 0.519. The highest BCUT2D eigenvalue weighted by Gasteiger charge is 1.98. The normalized spacial score (nSPS) is 9.60. The lowest BCUT2D eigenvalue weighted by molar-refractivity contribution is 0.155. The highest BCUT2D eigenvalue weighted by molar-refractivity contribution is 5.73. The average Bonchev–Trinajstić information content (AvgIpc) is 2.92. The van der Waals surface area contributed by atoms with Crippen LogP contribution in [0, 0.1) is 0 Å². The van der Waals surface area contributed by atoms with E-state index in [0.717, 1.165) is 4.85 Å². The molecular weight excluding hydrogens is 196 g/mol. The van der Waals surface area contributed by atoms with Gasteiger partial charge in [-0.05, 0) is 17.3 Å². The summed E-state index contributed by atoms with van der Waals surface area (Å²) in [5, 5.41) is 25.4. The molecular formula is C8H8N6O. The summed E-state index contributed by atoms with van der Waals surface area (Å²) in [5.41, 5.74) is 1.33. The summed E-state index contributed by atoms with van der Waals surface area (Å²) in [6.07, 6.45) is 3.17. The Labute approximate surface area is 84.3 Å². The van der Waals surface area contributed by atoms with Gasteiger partial charge in [0.1, 0.15) is 11.0 Å². The fourth-order valence-corrected chi connectivity index (χ4v) is 1.02. The SMILES string of the molecule is On1nnc2ccccc21.c1cn[nH]n1. The van der Waals surface area contributed by atoms with E-state index in [1.165, 1.54) is 0 Å². The zero-order valence-electron chi connectivity index (χ0n) is 7.65. The van der Waals surface area contributed by atoms with Crippen molar-refractivity contribution >= 4 is 11.0 Å². The van der Waals surface area contributed by atoms with Crippen molar-refractivity contribution in [2.45, 2.75) is 0 Å². The smallest absolute Gasteiger partial charge is 0.130 e. The molecule has 0 saturated carbocycles. The van der Waals surface area contributed by atoms with Gasteiger partial charge < -0.3 is 5.21 Å². The Morgan fingerprint density at radius 3 is 2.47 bits per heavy atom. The minimum Gasteiger partial charge on any atom is -0.410 e. The third kappa shape index (κ3) is 2.08. The van der Waals surface area contributed by atoms with Gasteiger partial charge in [-0.3, -0.25) is 0 Å². The maximum Gasteiger partial charge on any atom is 0.130 e. The van der Waals surface area contributed by atoms with Gasteiger partial charge >= 0.3 is 0 Å². The zero-order chi connectivity index (χ0) is 10.5. The first-order chi connectivity index (χ1) is 7.38. The second-order valence-corrected chi connectivity index (χ2v) is 2.62. The summed E-state index contributed by atoms with van der Waals surface area (Å²) in [4.78, 5) is 0.759. The van der Waals surface area contributed by atoms with Gasteiger partial charge in [-0.2, -0.15) is 15.4 Å². The van der Waals surface area contributed by atoms with Crippen molar-refractivity contribution in [3.05, 3.63) is 36.7 Å². The molecule has 0 amide bonds. The number of hydrogen-bond donors (Lipinski definition) is 2. The number of aromatic nitrogens is 6. The number of para-hydroxylation sites is 1. The van der Waals surface area contributed by atoms with Crippen LogP contribution in [0.1, 0.15) is 0 Å². The van der Waals surface area contributed by atoms with Gasteiger partial charge in [0.2, 0.25) is 0 Å². The molecule has 7 nitrogen and oxygen atoms in total. The molecule has 3 aromatic rings. The Morgan fingerprint density at radius 2 is 1.87 bits per heavy atom. The number of hydrogen-bond acceptors (Lipinski definition) is 5. The standard InChI is InChI=1S/C6H5N3O.C2H3N3/c10-9-6-4-2-1-3-5(6)7-8-9;1-2-4-5-3-1/h1-4,10H;1-2H,(H,3,4,5). The molecule has 0 fully saturated rings. The molecule has 76 valence electrons. The van der Waals surface area contributed by atoms with E-state index >= 15 is 0 Å². The molecule has 0 spiro atoms. The van der Waals surface area contributed by atoms with Crippen molar-refractivity contribution in [3.8, 4) is 0 Å². The fraction of sp³-hybridized carbons (Fsp3) is 0. The van der Waals surface area contributed by atoms with Crippen LogP contribution in [-0.2, 0) is 0 Å². The van der Waals surface area contributed by atoms with Gasteiger partial charge in [0.25, 0.3) is 0 Å². The molecule has 0 aliphatic heterocycles. The van der Waals surface area contributed by atoms with Crippen LogP contribution in [-0.4, -0.2) is 35.8 Å². The number of rotatable bonds is 0. The van der Waals surface area contributed by atoms with E-state index in [-0.39, 0.29) is 0 Å². The fourth-order valence-electron chi connectivity index (χ4n) is 1.02. The molecule has 0 bridgehead atoms. The van der Waals surface area contributed by atoms with Gasteiger partial charge in [-0.15, -0.1) is 5.10 Å². The Kier molecular flexibility index (Phi) is 2.54. The van der Waals surface area contributed by atoms with Gasteiger partial charge in [0.15, 0.2) is 0 Å². The topological polar surface area (TPSA) is 92.5 Å². The van der Waals surface area contributed by atoms with E-state index in [0.29, 0.717) is 11.0 Å². The van der Waals surface area contributed by atoms with E-state index in [4.69, 9.17) is 5.21 Å². The minimum atomic E-state index is 0.627. The molecule has 0 radical (unpaired) electrons. The maximum atomic E-state index is 8.95. The molecule has 0 atom stereocenters. The van der Waals surface area contributed by atoms with Crippen LogP contribution in [0.5, 0.6) is 0 Å². The molecule has 15 heavy (non-hydrogen) atoms. The number of nitrogens with zero attached hydrogens (tertiary/aromatic N) is 5. The second kappa shape index (κ2) is 4.18. The highest BCUT2D eigenvalue weighted by Crippen LogP contribution is 2.06. The second-order valence-electron chi connectivity index (χ2n) is 2.62. The average molecular weight is 204 g/mol. The van der Waals surface area contributed by atoms with Crippen molar-refractivity contribution < 1.29 is 5.21 Å². The van der Waals surface area contributed by atoms with Crippen molar-refractivity contribution in [3.63, 3.8) is 0 Å². The zero-order valence-corrected chi connectivity index (χ0v) is 7.65. The van der Waals surface area contributed by atoms with Gasteiger partial charge in [0, 0.05) is 0 Å². The highest BCUT2D eigenvalue weighted by atomic mass is 16.5. The molecule has 0 aliphatic carbocycles. The summed E-state index contributed by atoms with van der Waals surface area (Å²) in [7, 11) is 0. The van der Waals surface area contributed by atoms with Crippen LogP contribution in [0.25, 0.3) is 11.0 Å². The predicted octanol–water partition coefficient (Wildman–Crippen LogP) is 0.473. The molecule has 2 N–H and O–H groups in total. The minimum absolute atomic E-state index is 0.627. The van der Waals surface area contributed by atoms with E-state index < -0.39 is 0 Å².